The summed E-state index contributed by atoms with van der Waals surface area (Å²) in [6, 6.07) is 25.4. The molecule has 5 aromatic rings. The first-order valence-corrected chi connectivity index (χ1v) is 9.86. The Hall–Kier alpha value is -3.76. The van der Waals surface area contributed by atoms with E-state index >= 15 is 0 Å². The second-order valence-corrected chi connectivity index (χ2v) is 7.37. The standard InChI is InChI=1S/C25H16ClN3O/c26-20-11-9-17(10-12-20)25(30)24(29-16-27-15-28-29)14-23-21-7-3-1-5-18(21)13-19-6-2-4-8-22(19)23/h1-16H/b24-14+. The van der Waals surface area contributed by atoms with E-state index in [2.05, 4.69) is 40.4 Å². The summed E-state index contributed by atoms with van der Waals surface area (Å²) in [5.41, 5.74) is 1.92. The van der Waals surface area contributed by atoms with Crippen LogP contribution in [0.3, 0.4) is 0 Å². The Kier molecular flexibility index (Phi) is 4.62. The number of rotatable bonds is 4. The number of aromatic nitrogens is 3. The summed E-state index contributed by atoms with van der Waals surface area (Å²) in [5.74, 6) is -0.158. The molecule has 0 spiro atoms. The molecule has 0 aliphatic carbocycles. The lowest BCUT2D eigenvalue weighted by molar-refractivity contribution is 0.105. The largest absolute Gasteiger partial charge is 0.287 e. The van der Waals surface area contributed by atoms with Crippen molar-refractivity contribution in [1.29, 1.82) is 0 Å². The maximum Gasteiger partial charge on any atom is 0.211 e. The van der Waals surface area contributed by atoms with Gasteiger partial charge in [0.05, 0.1) is 0 Å². The molecule has 0 fully saturated rings. The molecule has 5 rings (SSSR count). The number of hydrogen-bond acceptors (Lipinski definition) is 3. The topological polar surface area (TPSA) is 47.8 Å². The molecule has 1 aromatic heterocycles. The summed E-state index contributed by atoms with van der Waals surface area (Å²) in [6.07, 6.45) is 4.85. The van der Waals surface area contributed by atoms with E-state index in [4.69, 9.17) is 11.6 Å². The Morgan fingerprint density at radius 3 is 2.10 bits per heavy atom. The zero-order valence-electron chi connectivity index (χ0n) is 15.9. The van der Waals surface area contributed by atoms with Crippen LogP contribution in [-0.2, 0) is 0 Å². The number of hydrogen-bond donors (Lipinski definition) is 0. The van der Waals surface area contributed by atoms with Crippen LogP contribution >= 0.6 is 11.6 Å². The third-order valence-corrected chi connectivity index (χ3v) is 5.35. The fourth-order valence-electron chi connectivity index (χ4n) is 3.66. The molecule has 0 N–H and O–H groups in total. The molecule has 5 heteroatoms. The van der Waals surface area contributed by atoms with Gasteiger partial charge >= 0.3 is 0 Å². The Morgan fingerprint density at radius 2 is 1.50 bits per heavy atom. The summed E-state index contributed by atoms with van der Waals surface area (Å²) in [6.45, 7) is 0. The van der Waals surface area contributed by atoms with Gasteiger partial charge in [0.1, 0.15) is 18.4 Å². The van der Waals surface area contributed by atoms with Gasteiger partial charge in [-0.3, -0.25) is 4.79 Å². The van der Waals surface area contributed by atoms with E-state index < -0.39 is 0 Å². The summed E-state index contributed by atoms with van der Waals surface area (Å²) < 4.78 is 1.51. The number of nitrogens with zero attached hydrogens (tertiary/aromatic N) is 3. The molecule has 0 bridgehead atoms. The number of benzene rings is 4. The normalized spacial score (nSPS) is 11.8. The summed E-state index contributed by atoms with van der Waals surface area (Å²) in [7, 11) is 0. The molecule has 0 unspecified atom stereocenters. The minimum atomic E-state index is -0.158. The van der Waals surface area contributed by atoms with Gasteiger partial charge in [0.25, 0.3) is 0 Å². The van der Waals surface area contributed by atoms with Crippen LogP contribution in [0.2, 0.25) is 5.02 Å². The average molecular weight is 410 g/mol. The van der Waals surface area contributed by atoms with Crippen molar-refractivity contribution in [2.75, 3.05) is 0 Å². The molecule has 4 nitrogen and oxygen atoms in total. The van der Waals surface area contributed by atoms with E-state index in [1.165, 1.54) is 17.3 Å². The molecule has 0 saturated carbocycles. The van der Waals surface area contributed by atoms with Crippen LogP contribution in [0.25, 0.3) is 33.3 Å². The van der Waals surface area contributed by atoms with Gasteiger partial charge in [-0.05, 0) is 63.5 Å². The number of Topliss-reactive ketones (excluding diaryl/α,β-unsaturated/α-hetero) is 1. The van der Waals surface area contributed by atoms with E-state index in [1.807, 2.05) is 30.3 Å². The SMILES string of the molecule is O=C(/C(=C\c1c2ccccc2cc2ccccc12)n1cncn1)c1ccc(Cl)cc1. The first-order valence-electron chi connectivity index (χ1n) is 9.48. The lowest BCUT2D eigenvalue weighted by Gasteiger charge is -2.11. The first-order chi connectivity index (χ1) is 14.7. The Bertz CT molecular complexity index is 1350. The third-order valence-electron chi connectivity index (χ3n) is 5.10. The van der Waals surface area contributed by atoms with Gasteiger partial charge in [-0.25, -0.2) is 9.67 Å². The quantitative estimate of drug-likeness (QED) is 0.204. The smallest absolute Gasteiger partial charge is 0.211 e. The number of allylic oxidation sites excluding steroid dienone is 1. The number of ketones is 1. The van der Waals surface area contributed by atoms with Crippen LogP contribution in [0.5, 0.6) is 0 Å². The highest BCUT2D eigenvalue weighted by molar-refractivity contribution is 6.32. The molecule has 30 heavy (non-hydrogen) atoms. The minimum absolute atomic E-state index is 0.158. The molecular weight excluding hydrogens is 394 g/mol. The van der Waals surface area contributed by atoms with E-state index in [-0.39, 0.29) is 5.78 Å². The molecule has 0 amide bonds. The van der Waals surface area contributed by atoms with Gasteiger partial charge in [0.15, 0.2) is 0 Å². The number of carbonyl (C=O) groups is 1. The predicted molar refractivity (Wildman–Crippen MR) is 121 cm³/mol. The van der Waals surface area contributed by atoms with Crippen LogP contribution in [0.15, 0.2) is 91.5 Å². The maximum atomic E-state index is 13.4. The molecule has 0 saturated heterocycles. The predicted octanol–water partition coefficient (Wildman–Crippen LogP) is 6.12. The second kappa shape index (κ2) is 7.58. The highest BCUT2D eigenvalue weighted by Crippen LogP contribution is 2.31. The van der Waals surface area contributed by atoms with Crippen molar-refractivity contribution in [3.63, 3.8) is 0 Å². The molecular formula is C25H16ClN3O. The van der Waals surface area contributed by atoms with Crippen molar-refractivity contribution < 1.29 is 4.79 Å². The van der Waals surface area contributed by atoms with Crippen LogP contribution in [0.1, 0.15) is 15.9 Å². The molecule has 0 aliphatic rings. The van der Waals surface area contributed by atoms with Crippen LogP contribution in [0, 0.1) is 0 Å². The highest BCUT2D eigenvalue weighted by atomic mass is 35.5. The van der Waals surface area contributed by atoms with E-state index in [1.54, 1.807) is 24.3 Å². The van der Waals surface area contributed by atoms with E-state index in [9.17, 15) is 4.79 Å². The zero-order chi connectivity index (χ0) is 20.5. The van der Waals surface area contributed by atoms with E-state index in [0.29, 0.717) is 16.3 Å². The Morgan fingerprint density at radius 1 is 0.867 bits per heavy atom. The molecule has 0 aliphatic heterocycles. The zero-order valence-corrected chi connectivity index (χ0v) is 16.6. The van der Waals surface area contributed by atoms with Crippen molar-refractivity contribution in [3.05, 3.63) is 108 Å². The monoisotopic (exact) mass is 409 g/mol. The first kappa shape index (κ1) is 18.3. The van der Waals surface area contributed by atoms with Crippen molar-refractivity contribution in [2.45, 2.75) is 0 Å². The van der Waals surface area contributed by atoms with Crippen molar-refractivity contribution in [2.24, 2.45) is 0 Å². The average Bonchev–Trinajstić information content (AvgIpc) is 3.31. The van der Waals surface area contributed by atoms with Crippen LogP contribution in [0.4, 0.5) is 0 Å². The lowest BCUT2D eigenvalue weighted by Crippen LogP contribution is -2.10. The van der Waals surface area contributed by atoms with Gasteiger partial charge in [-0.1, -0.05) is 60.1 Å². The molecule has 0 radical (unpaired) electrons. The van der Waals surface area contributed by atoms with Gasteiger partial charge in [-0.15, -0.1) is 0 Å². The highest BCUT2D eigenvalue weighted by Gasteiger charge is 2.17. The van der Waals surface area contributed by atoms with Gasteiger partial charge in [-0.2, -0.15) is 5.10 Å². The van der Waals surface area contributed by atoms with Crippen molar-refractivity contribution in [3.8, 4) is 0 Å². The van der Waals surface area contributed by atoms with Crippen molar-refractivity contribution in [1.82, 2.24) is 14.8 Å². The second-order valence-electron chi connectivity index (χ2n) is 6.94. The fourth-order valence-corrected chi connectivity index (χ4v) is 3.78. The van der Waals surface area contributed by atoms with Gasteiger partial charge in [0, 0.05) is 10.6 Å². The summed E-state index contributed by atoms with van der Waals surface area (Å²) >= 11 is 6.00. The third kappa shape index (κ3) is 3.27. The maximum absolute atomic E-state index is 13.4. The van der Waals surface area contributed by atoms with Gasteiger partial charge < -0.3 is 0 Å². The Labute approximate surface area is 178 Å². The Balaban J connectivity index is 1.79. The minimum Gasteiger partial charge on any atom is -0.287 e. The fraction of sp³-hybridized carbons (Fsp3) is 0. The molecule has 4 aromatic carbocycles. The number of halogens is 1. The molecule has 144 valence electrons. The van der Waals surface area contributed by atoms with Crippen molar-refractivity contribution >= 4 is 50.7 Å². The number of carbonyl (C=O) groups excluding carboxylic acids is 1. The molecule has 1 heterocycles. The molecule has 0 atom stereocenters. The summed E-state index contributed by atoms with van der Waals surface area (Å²) in [5, 5.41) is 9.16. The number of fused-ring (bicyclic) bond motifs is 2. The van der Waals surface area contributed by atoms with Gasteiger partial charge in [0.2, 0.25) is 5.78 Å². The lowest BCUT2D eigenvalue weighted by atomic mass is 9.95. The summed E-state index contributed by atoms with van der Waals surface area (Å²) in [4.78, 5) is 17.5. The van der Waals surface area contributed by atoms with Crippen LogP contribution < -0.4 is 0 Å². The van der Waals surface area contributed by atoms with E-state index in [0.717, 1.165) is 27.1 Å². The van der Waals surface area contributed by atoms with Crippen LogP contribution in [-0.4, -0.2) is 20.5 Å².